The second-order valence-electron chi connectivity index (χ2n) is 4.15. The number of nitrogens with two attached hydrogens (primary N) is 1. The van der Waals surface area contributed by atoms with Gasteiger partial charge in [-0.15, -0.1) is 24.8 Å². The van der Waals surface area contributed by atoms with Crippen molar-refractivity contribution in [3.8, 4) is 5.82 Å². The summed E-state index contributed by atoms with van der Waals surface area (Å²) in [4.78, 5) is 4.36. The van der Waals surface area contributed by atoms with Crippen LogP contribution in [0, 0.1) is 13.8 Å². The molecule has 0 aliphatic carbocycles. The lowest BCUT2D eigenvalue weighted by Gasteiger charge is -2.11. The first-order chi connectivity index (χ1) is 8.13. The van der Waals surface area contributed by atoms with E-state index in [4.69, 9.17) is 5.73 Å². The molecule has 0 bridgehead atoms. The average molecular weight is 304 g/mol. The largest absolute Gasteiger partial charge is 0.387 e. The molecule has 6 heteroatoms. The second-order valence-corrected chi connectivity index (χ2v) is 4.15. The molecule has 3 N–H and O–H groups in total. The van der Waals surface area contributed by atoms with Crippen LogP contribution >= 0.6 is 24.8 Å². The minimum atomic E-state index is -0.636. The van der Waals surface area contributed by atoms with E-state index in [2.05, 4.69) is 21.7 Å². The van der Waals surface area contributed by atoms with Crippen molar-refractivity contribution in [2.24, 2.45) is 5.73 Å². The highest BCUT2D eigenvalue weighted by Crippen LogP contribution is 2.16. The maximum atomic E-state index is 9.59. The van der Waals surface area contributed by atoms with Crippen molar-refractivity contribution in [2.75, 3.05) is 6.54 Å². The number of nitrogens with zero attached hydrogens (tertiary/aromatic N) is 2. The summed E-state index contributed by atoms with van der Waals surface area (Å²) in [6.45, 7) is 4.29. The maximum absolute atomic E-state index is 9.59. The van der Waals surface area contributed by atoms with Crippen LogP contribution in [-0.4, -0.2) is 21.2 Å². The minimum Gasteiger partial charge on any atom is -0.387 e. The van der Waals surface area contributed by atoms with E-state index in [0.717, 1.165) is 22.8 Å². The molecular weight excluding hydrogens is 285 g/mol. The smallest absolute Gasteiger partial charge is 0.136 e. The number of hydrogen-bond acceptors (Lipinski definition) is 3. The summed E-state index contributed by atoms with van der Waals surface area (Å²) in [6, 6.07) is 7.87. The third-order valence-corrected chi connectivity index (χ3v) is 2.88. The highest BCUT2D eigenvalue weighted by Gasteiger charge is 2.08. The van der Waals surface area contributed by atoms with E-state index in [1.54, 1.807) is 6.20 Å². The molecule has 19 heavy (non-hydrogen) atoms. The molecule has 0 spiro atoms. The molecule has 0 fully saturated rings. The fourth-order valence-corrected chi connectivity index (χ4v) is 1.89. The van der Waals surface area contributed by atoms with E-state index < -0.39 is 6.10 Å². The lowest BCUT2D eigenvalue weighted by molar-refractivity contribution is 0.186. The van der Waals surface area contributed by atoms with Crippen molar-refractivity contribution in [1.82, 2.24) is 9.55 Å². The number of hydrogen-bond donors (Lipinski definition) is 2. The molecule has 2 heterocycles. The highest BCUT2D eigenvalue weighted by atomic mass is 35.5. The van der Waals surface area contributed by atoms with E-state index in [1.165, 1.54) is 0 Å². The van der Waals surface area contributed by atoms with Crippen molar-refractivity contribution in [3.63, 3.8) is 0 Å². The van der Waals surface area contributed by atoms with Crippen LogP contribution in [0.2, 0.25) is 0 Å². The minimum absolute atomic E-state index is 0. The monoisotopic (exact) mass is 303 g/mol. The number of aryl methyl sites for hydroxylation is 2. The molecule has 1 atom stereocenters. The summed E-state index contributed by atoms with van der Waals surface area (Å²) in [5.41, 5.74) is 8.43. The molecular formula is C13H19Cl2N3O. The van der Waals surface area contributed by atoms with Crippen LogP contribution in [0.4, 0.5) is 0 Å². The number of halogens is 2. The fraction of sp³-hybridized carbons (Fsp3) is 0.308. The summed E-state index contributed by atoms with van der Waals surface area (Å²) in [5.74, 6) is 0.859. The molecule has 0 aromatic carbocycles. The van der Waals surface area contributed by atoms with Gasteiger partial charge in [0.25, 0.3) is 0 Å². The molecule has 0 radical (unpaired) electrons. The third kappa shape index (κ3) is 3.70. The van der Waals surface area contributed by atoms with Crippen molar-refractivity contribution < 1.29 is 5.11 Å². The molecule has 2 aromatic heterocycles. The molecule has 0 aliphatic rings. The normalized spacial score (nSPS) is 11.4. The van der Waals surface area contributed by atoms with Crippen molar-refractivity contribution in [1.29, 1.82) is 0 Å². The van der Waals surface area contributed by atoms with Gasteiger partial charge in [0.15, 0.2) is 0 Å². The molecule has 0 saturated carbocycles. The first-order valence-electron chi connectivity index (χ1n) is 5.63. The zero-order chi connectivity index (χ0) is 12.4. The van der Waals surface area contributed by atoms with Crippen LogP contribution in [-0.2, 0) is 0 Å². The van der Waals surface area contributed by atoms with Gasteiger partial charge in [-0.1, -0.05) is 6.07 Å². The second kappa shape index (κ2) is 7.50. The van der Waals surface area contributed by atoms with Gasteiger partial charge < -0.3 is 15.4 Å². The first-order valence-corrected chi connectivity index (χ1v) is 5.63. The Kier molecular flexibility index (Phi) is 7.08. The van der Waals surface area contributed by atoms with Crippen LogP contribution in [0.5, 0.6) is 0 Å². The molecule has 4 nitrogen and oxygen atoms in total. The van der Waals surface area contributed by atoms with Crippen LogP contribution in [0.25, 0.3) is 5.82 Å². The third-order valence-electron chi connectivity index (χ3n) is 2.88. The van der Waals surface area contributed by atoms with Gasteiger partial charge in [-0.05, 0) is 32.0 Å². The predicted molar refractivity (Wildman–Crippen MR) is 81.5 cm³/mol. The molecule has 0 aliphatic heterocycles. The quantitative estimate of drug-likeness (QED) is 0.914. The van der Waals surface area contributed by atoms with E-state index in [-0.39, 0.29) is 31.4 Å². The summed E-state index contributed by atoms with van der Waals surface area (Å²) in [6.07, 6.45) is 1.04. The van der Waals surface area contributed by atoms with Crippen molar-refractivity contribution >= 4 is 24.8 Å². The number of aromatic nitrogens is 2. The van der Waals surface area contributed by atoms with Gasteiger partial charge in [-0.2, -0.15) is 0 Å². The average Bonchev–Trinajstić information content (AvgIpc) is 2.68. The number of aliphatic hydroxyl groups excluding tert-OH is 1. The first kappa shape index (κ1) is 17.9. The highest BCUT2D eigenvalue weighted by molar-refractivity contribution is 5.85. The Labute approximate surface area is 125 Å². The van der Waals surface area contributed by atoms with E-state index >= 15 is 0 Å². The van der Waals surface area contributed by atoms with E-state index in [1.807, 2.05) is 26.0 Å². The Hall–Kier alpha value is -1.07. The van der Waals surface area contributed by atoms with Crippen LogP contribution in [0.3, 0.4) is 0 Å². The number of pyridine rings is 1. The lowest BCUT2D eigenvalue weighted by atomic mass is 10.1. The number of aliphatic hydroxyl groups is 1. The van der Waals surface area contributed by atoms with Crippen molar-refractivity contribution in [3.05, 3.63) is 47.4 Å². The molecule has 2 aromatic rings. The molecule has 106 valence electrons. The fourth-order valence-electron chi connectivity index (χ4n) is 1.89. The van der Waals surface area contributed by atoms with Gasteiger partial charge >= 0.3 is 0 Å². The Morgan fingerprint density at radius 2 is 1.74 bits per heavy atom. The van der Waals surface area contributed by atoms with Gasteiger partial charge in [0.2, 0.25) is 0 Å². The summed E-state index contributed by atoms with van der Waals surface area (Å²) in [5, 5.41) is 9.59. The SMILES string of the molecule is Cc1ccc(C)n1-c1ccc([C@@H](O)CN)cn1.Cl.Cl. The maximum Gasteiger partial charge on any atom is 0.136 e. The zero-order valence-corrected chi connectivity index (χ0v) is 12.5. The molecule has 0 unspecified atom stereocenters. The summed E-state index contributed by atoms with van der Waals surface area (Å²) < 4.78 is 2.07. The van der Waals surface area contributed by atoms with Gasteiger partial charge in [-0.25, -0.2) is 4.98 Å². The zero-order valence-electron chi connectivity index (χ0n) is 10.9. The predicted octanol–water partition coefficient (Wildman–Crippen LogP) is 2.32. The van der Waals surface area contributed by atoms with Gasteiger partial charge in [0, 0.05) is 29.7 Å². The van der Waals surface area contributed by atoms with Crippen LogP contribution in [0.1, 0.15) is 23.1 Å². The standard InChI is InChI=1S/C13H17N3O.2ClH/c1-9-3-4-10(2)16(9)13-6-5-11(8-15-13)12(17)7-14;;/h3-6,8,12,17H,7,14H2,1-2H3;2*1H/t12-;;/m0../s1. The Bertz CT molecular complexity index is 492. The van der Waals surface area contributed by atoms with E-state index in [9.17, 15) is 5.11 Å². The van der Waals surface area contributed by atoms with Gasteiger partial charge in [0.05, 0.1) is 6.10 Å². The Morgan fingerprint density at radius 3 is 2.16 bits per heavy atom. The van der Waals surface area contributed by atoms with Crippen molar-refractivity contribution in [2.45, 2.75) is 20.0 Å². The van der Waals surface area contributed by atoms with Crippen LogP contribution in [0.15, 0.2) is 30.5 Å². The van der Waals surface area contributed by atoms with E-state index in [0.29, 0.717) is 0 Å². The summed E-state index contributed by atoms with van der Waals surface area (Å²) >= 11 is 0. The molecule has 0 saturated heterocycles. The Balaban J connectivity index is 0.00000162. The Morgan fingerprint density at radius 1 is 1.16 bits per heavy atom. The number of rotatable bonds is 3. The van der Waals surface area contributed by atoms with Gasteiger partial charge in [0.1, 0.15) is 5.82 Å². The summed E-state index contributed by atoms with van der Waals surface area (Å²) in [7, 11) is 0. The molecule has 0 amide bonds. The molecule has 2 rings (SSSR count). The van der Waals surface area contributed by atoms with Gasteiger partial charge in [-0.3, -0.25) is 0 Å². The van der Waals surface area contributed by atoms with Crippen LogP contribution < -0.4 is 5.73 Å². The topological polar surface area (TPSA) is 64.1 Å². The lowest BCUT2D eigenvalue weighted by Crippen LogP contribution is -2.12.